The van der Waals surface area contributed by atoms with Crippen molar-refractivity contribution in [2.75, 3.05) is 27.4 Å². The molecule has 0 aliphatic heterocycles. The molecule has 0 saturated carbocycles. The minimum absolute atomic E-state index is 0.118. The Hall–Kier alpha value is -1.34. The van der Waals surface area contributed by atoms with Crippen molar-refractivity contribution in [1.29, 1.82) is 0 Å². The highest BCUT2D eigenvalue weighted by Gasteiger charge is 2.19. The summed E-state index contributed by atoms with van der Waals surface area (Å²) >= 11 is 0. The molecular formula is C11H22N2O5. The van der Waals surface area contributed by atoms with Crippen molar-refractivity contribution < 1.29 is 24.2 Å². The maximum Gasteiger partial charge on any atom is 0.326 e. The molecule has 0 spiro atoms. The number of rotatable bonds is 9. The quantitative estimate of drug-likeness (QED) is 0.516. The van der Waals surface area contributed by atoms with Gasteiger partial charge in [-0.05, 0) is 19.8 Å². The first kappa shape index (κ1) is 16.7. The Morgan fingerprint density at radius 3 is 2.50 bits per heavy atom. The van der Waals surface area contributed by atoms with E-state index < -0.39 is 18.0 Å². The Bertz CT molecular complexity index is 260. The second-order valence-electron chi connectivity index (χ2n) is 3.93. The third-order valence-electron chi connectivity index (χ3n) is 2.40. The van der Waals surface area contributed by atoms with Gasteiger partial charge in [-0.3, -0.25) is 0 Å². The molecule has 2 unspecified atom stereocenters. The second-order valence-corrected chi connectivity index (χ2v) is 3.93. The molecule has 0 heterocycles. The van der Waals surface area contributed by atoms with Crippen molar-refractivity contribution in [3.05, 3.63) is 0 Å². The maximum atomic E-state index is 11.4. The van der Waals surface area contributed by atoms with E-state index in [2.05, 4.69) is 10.6 Å². The monoisotopic (exact) mass is 262 g/mol. The Labute approximate surface area is 107 Å². The zero-order valence-electron chi connectivity index (χ0n) is 11.1. The summed E-state index contributed by atoms with van der Waals surface area (Å²) in [5.41, 5.74) is 0. The number of aliphatic carboxylic acids is 1. The lowest BCUT2D eigenvalue weighted by Crippen LogP contribution is -2.47. The highest BCUT2D eigenvalue weighted by atomic mass is 16.5. The van der Waals surface area contributed by atoms with Crippen molar-refractivity contribution in [3.8, 4) is 0 Å². The van der Waals surface area contributed by atoms with E-state index in [1.165, 1.54) is 7.11 Å². The summed E-state index contributed by atoms with van der Waals surface area (Å²) < 4.78 is 9.79. The van der Waals surface area contributed by atoms with Crippen LogP contribution in [0.15, 0.2) is 0 Å². The molecule has 106 valence electrons. The number of carbonyl (C=O) groups excluding carboxylic acids is 1. The molecule has 0 aliphatic rings. The summed E-state index contributed by atoms with van der Waals surface area (Å²) in [7, 11) is 3.08. The van der Waals surface area contributed by atoms with Crippen LogP contribution in [0.5, 0.6) is 0 Å². The molecule has 2 atom stereocenters. The SMILES string of the molecule is COCCCC(NC(=O)NCC(C)OC)C(=O)O. The number of carbonyl (C=O) groups is 2. The second kappa shape index (κ2) is 9.67. The van der Waals surface area contributed by atoms with Crippen LogP contribution in [-0.4, -0.2) is 56.6 Å². The number of nitrogens with one attached hydrogen (secondary N) is 2. The van der Waals surface area contributed by atoms with Crippen LogP contribution < -0.4 is 10.6 Å². The van der Waals surface area contributed by atoms with Crippen molar-refractivity contribution in [2.24, 2.45) is 0 Å². The molecule has 3 N–H and O–H groups in total. The minimum Gasteiger partial charge on any atom is -0.480 e. The molecule has 0 aliphatic carbocycles. The van der Waals surface area contributed by atoms with Crippen LogP contribution >= 0.6 is 0 Å². The van der Waals surface area contributed by atoms with Crippen molar-refractivity contribution in [2.45, 2.75) is 31.9 Å². The van der Waals surface area contributed by atoms with Gasteiger partial charge in [-0.25, -0.2) is 9.59 Å². The lowest BCUT2D eigenvalue weighted by atomic mass is 10.1. The standard InChI is InChI=1S/C11H22N2O5/c1-8(18-3)7-12-11(16)13-9(10(14)15)5-4-6-17-2/h8-9H,4-7H2,1-3H3,(H,14,15)(H2,12,13,16). The van der Waals surface area contributed by atoms with Crippen molar-refractivity contribution in [1.82, 2.24) is 10.6 Å². The van der Waals surface area contributed by atoms with E-state index in [0.29, 0.717) is 26.0 Å². The molecule has 18 heavy (non-hydrogen) atoms. The maximum absolute atomic E-state index is 11.4. The van der Waals surface area contributed by atoms with Crippen LogP contribution in [0.2, 0.25) is 0 Å². The van der Waals surface area contributed by atoms with Crippen LogP contribution in [0.3, 0.4) is 0 Å². The van der Waals surface area contributed by atoms with Gasteiger partial charge in [0.2, 0.25) is 0 Å². The number of hydrogen-bond donors (Lipinski definition) is 3. The molecule has 0 rings (SSSR count). The van der Waals surface area contributed by atoms with E-state index in [0.717, 1.165) is 0 Å². The fraction of sp³-hybridized carbons (Fsp3) is 0.818. The summed E-state index contributed by atoms with van der Waals surface area (Å²) in [5.74, 6) is -1.05. The van der Waals surface area contributed by atoms with E-state index in [4.69, 9.17) is 14.6 Å². The predicted molar refractivity (Wildman–Crippen MR) is 65.5 cm³/mol. The van der Waals surface area contributed by atoms with Crippen molar-refractivity contribution >= 4 is 12.0 Å². The Morgan fingerprint density at radius 2 is 2.00 bits per heavy atom. The summed E-state index contributed by atoms with van der Waals surface area (Å²) in [6.45, 7) is 2.59. The van der Waals surface area contributed by atoms with Gasteiger partial charge in [-0.2, -0.15) is 0 Å². The van der Waals surface area contributed by atoms with Gasteiger partial charge in [-0.1, -0.05) is 0 Å². The summed E-state index contributed by atoms with van der Waals surface area (Å²) in [5, 5.41) is 13.9. The lowest BCUT2D eigenvalue weighted by Gasteiger charge is -2.16. The topological polar surface area (TPSA) is 96.9 Å². The number of carboxylic acids is 1. The average molecular weight is 262 g/mol. The largest absolute Gasteiger partial charge is 0.480 e. The first-order chi connectivity index (χ1) is 8.51. The van der Waals surface area contributed by atoms with Gasteiger partial charge in [0.05, 0.1) is 6.10 Å². The van der Waals surface area contributed by atoms with Gasteiger partial charge >= 0.3 is 12.0 Å². The molecule has 0 bridgehead atoms. The molecule has 0 radical (unpaired) electrons. The van der Waals surface area contributed by atoms with Crippen molar-refractivity contribution in [3.63, 3.8) is 0 Å². The van der Waals surface area contributed by atoms with Crippen LogP contribution in [-0.2, 0) is 14.3 Å². The minimum atomic E-state index is -1.05. The number of amides is 2. The molecule has 0 saturated heterocycles. The zero-order valence-corrected chi connectivity index (χ0v) is 11.1. The Morgan fingerprint density at radius 1 is 1.33 bits per heavy atom. The van der Waals surface area contributed by atoms with E-state index in [1.807, 2.05) is 0 Å². The van der Waals surface area contributed by atoms with E-state index in [1.54, 1.807) is 14.0 Å². The number of urea groups is 1. The first-order valence-electron chi connectivity index (χ1n) is 5.80. The zero-order chi connectivity index (χ0) is 14.0. The predicted octanol–water partition coefficient (Wildman–Crippen LogP) is 0.200. The summed E-state index contributed by atoms with van der Waals surface area (Å²) in [6.07, 6.45) is 0.783. The molecule has 7 heteroatoms. The van der Waals surface area contributed by atoms with E-state index >= 15 is 0 Å². The third kappa shape index (κ3) is 7.86. The first-order valence-corrected chi connectivity index (χ1v) is 5.80. The highest BCUT2D eigenvalue weighted by Crippen LogP contribution is 1.98. The molecule has 7 nitrogen and oxygen atoms in total. The van der Waals surface area contributed by atoms with Crippen LogP contribution in [0.25, 0.3) is 0 Å². The number of carboxylic acid groups (broad SMARTS) is 1. The molecule has 2 amide bonds. The molecule has 0 aromatic carbocycles. The van der Waals surface area contributed by atoms with Gasteiger partial charge in [0.25, 0.3) is 0 Å². The van der Waals surface area contributed by atoms with Gasteiger partial charge in [-0.15, -0.1) is 0 Å². The number of ether oxygens (including phenoxy) is 2. The summed E-state index contributed by atoms with van der Waals surface area (Å²) in [4.78, 5) is 22.4. The Kier molecular flexibility index (Phi) is 8.95. The van der Waals surface area contributed by atoms with E-state index in [-0.39, 0.29) is 6.10 Å². The third-order valence-corrected chi connectivity index (χ3v) is 2.40. The van der Waals surface area contributed by atoms with E-state index in [9.17, 15) is 9.59 Å². The number of methoxy groups -OCH3 is 2. The summed E-state index contributed by atoms with van der Waals surface area (Å²) in [6, 6.07) is -1.42. The smallest absolute Gasteiger partial charge is 0.326 e. The Balaban J connectivity index is 3.99. The molecule has 0 aromatic rings. The number of hydrogen-bond acceptors (Lipinski definition) is 4. The van der Waals surface area contributed by atoms with Crippen LogP contribution in [0, 0.1) is 0 Å². The lowest BCUT2D eigenvalue weighted by molar-refractivity contribution is -0.139. The van der Waals surface area contributed by atoms with Crippen LogP contribution in [0.4, 0.5) is 4.79 Å². The highest BCUT2D eigenvalue weighted by molar-refractivity contribution is 5.82. The van der Waals surface area contributed by atoms with Gasteiger partial charge in [0.15, 0.2) is 0 Å². The molecule has 0 fully saturated rings. The van der Waals surface area contributed by atoms with Gasteiger partial charge in [0, 0.05) is 27.4 Å². The fourth-order valence-corrected chi connectivity index (χ4v) is 1.22. The fourth-order valence-electron chi connectivity index (χ4n) is 1.22. The normalized spacial score (nSPS) is 13.7. The van der Waals surface area contributed by atoms with Crippen LogP contribution in [0.1, 0.15) is 19.8 Å². The molecule has 0 aromatic heterocycles. The average Bonchev–Trinajstić information content (AvgIpc) is 2.34. The molecular weight excluding hydrogens is 240 g/mol. The van der Waals surface area contributed by atoms with Gasteiger partial charge in [0.1, 0.15) is 6.04 Å². The van der Waals surface area contributed by atoms with Gasteiger partial charge < -0.3 is 25.2 Å².